The Hall–Kier alpha value is -2.69. The minimum absolute atomic E-state index is 0.146. The first-order chi connectivity index (χ1) is 12.3. The molecule has 0 unspecified atom stereocenters. The van der Waals surface area contributed by atoms with Crippen molar-refractivity contribution < 1.29 is 4.79 Å². The van der Waals surface area contributed by atoms with Crippen molar-refractivity contribution in [1.82, 2.24) is 19.9 Å². The zero-order valence-corrected chi connectivity index (χ0v) is 14.2. The molecule has 1 amide bonds. The predicted molar refractivity (Wildman–Crippen MR) is 96.4 cm³/mol. The minimum Gasteiger partial charge on any atom is -0.356 e. The van der Waals surface area contributed by atoms with Gasteiger partial charge in [0.05, 0.1) is 0 Å². The zero-order valence-electron chi connectivity index (χ0n) is 14.2. The Morgan fingerprint density at radius 3 is 3.00 bits per heavy atom. The van der Waals surface area contributed by atoms with E-state index in [-0.39, 0.29) is 5.91 Å². The highest BCUT2D eigenvalue weighted by Gasteiger charge is 2.23. The fraction of sp³-hybridized carbons (Fsp3) is 0.350. The van der Waals surface area contributed by atoms with Crippen LogP contribution in [0.2, 0.25) is 0 Å². The van der Waals surface area contributed by atoms with E-state index < -0.39 is 0 Å². The average molecular weight is 334 g/mol. The molecule has 0 spiro atoms. The van der Waals surface area contributed by atoms with Crippen LogP contribution in [0.4, 0.5) is 0 Å². The van der Waals surface area contributed by atoms with Crippen LogP contribution in [-0.2, 0) is 17.6 Å². The van der Waals surface area contributed by atoms with E-state index in [1.165, 1.54) is 11.1 Å². The average Bonchev–Trinajstić information content (AvgIpc) is 3.24. The van der Waals surface area contributed by atoms with Crippen LogP contribution in [0.5, 0.6) is 0 Å². The summed E-state index contributed by atoms with van der Waals surface area (Å²) in [4.78, 5) is 12.2. The van der Waals surface area contributed by atoms with Crippen molar-refractivity contribution in [3.8, 4) is 0 Å². The molecule has 4 rings (SSSR count). The second kappa shape index (κ2) is 7.05. The van der Waals surface area contributed by atoms with Crippen molar-refractivity contribution in [3.63, 3.8) is 0 Å². The number of pyridine rings is 1. The van der Waals surface area contributed by atoms with Crippen LogP contribution in [0, 0.1) is 0 Å². The van der Waals surface area contributed by atoms with Crippen LogP contribution in [0.1, 0.15) is 42.1 Å². The number of carbonyl (C=O) groups is 1. The molecule has 0 radical (unpaired) electrons. The Labute approximate surface area is 147 Å². The van der Waals surface area contributed by atoms with Crippen molar-refractivity contribution in [3.05, 3.63) is 65.6 Å². The van der Waals surface area contributed by atoms with Gasteiger partial charge in [0.25, 0.3) is 0 Å². The molecule has 1 aliphatic rings. The van der Waals surface area contributed by atoms with Crippen molar-refractivity contribution in [2.24, 2.45) is 0 Å². The quantitative estimate of drug-likeness (QED) is 0.705. The van der Waals surface area contributed by atoms with Crippen LogP contribution < -0.4 is 5.32 Å². The third-order valence-electron chi connectivity index (χ3n) is 4.97. The number of amides is 1. The summed E-state index contributed by atoms with van der Waals surface area (Å²) in [5.74, 6) is 1.46. The lowest BCUT2D eigenvalue weighted by atomic mass is 9.97. The number of aryl methyl sites for hydroxylation is 2. The van der Waals surface area contributed by atoms with E-state index in [2.05, 4.69) is 39.8 Å². The van der Waals surface area contributed by atoms with Crippen LogP contribution in [0.15, 0.2) is 48.7 Å². The normalized spacial score (nSPS) is 16.1. The second-order valence-corrected chi connectivity index (χ2v) is 6.64. The Kier molecular flexibility index (Phi) is 4.46. The standard InChI is InChI=1S/C20H22N4O/c25-20(14-16-11-10-15-6-1-2-7-17(15)16)21-12-5-9-19-23-22-18-8-3-4-13-24(18)19/h1-4,6-8,13,16H,5,9-12,14H2,(H,21,25)/t16-/m1/s1. The maximum absolute atomic E-state index is 12.2. The van der Waals surface area contributed by atoms with Gasteiger partial charge in [0.2, 0.25) is 5.91 Å². The van der Waals surface area contributed by atoms with Gasteiger partial charge in [-0.2, -0.15) is 0 Å². The van der Waals surface area contributed by atoms with Crippen molar-refractivity contribution in [1.29, 1.82) is 0 Å². The summed E-state index contributed by atoms with van der Waals surface area (Å²) in [6, 6.07) is 14.4. The largest absolute Gasteiger partial charge is 0.356 e. The summed E-state index contributed by atoms with van der Waals surface area (Å²) in [6.45, 7) is 0.676. The lowest BCUT2D eigenvalue weighted by Crippen LogP contribution is -2.26. The van der Waals surface area contributed by atoms with Crippen LogP contribution >= 0.6 is 0 Å². The van der Waals surface area contributed by atoms with E-state index in [1.54, 1.807) is 0 Å². The van der Waals surface area contributed by atoms with Crippen LogP contribution in [-0.4, -0.2) is 27.0 Å². The Morgan fingerprint density at radius 2 is 2.04 bits per heavy atom. The van der Waals surface area contributed by atoms with Gasteiger partial charge < -0.3 is 5.32 Å². The maximum Gasteiger partial charge on any atom is 0.220 e. The predicted octanol–water partition coefficient (Wildman–Crippen LogP) is 2.90. The molecule has 0 fully saturated rings. The van der Waals surface area contributed by atoms with Gasteiger partial charge >= 0.3 is 0 Å². The number of nitrogens with one attached hydrogen (secondary N) is 1. The molecule has 1 aliphatic carbocycles. The summed E-state index contributed by atoms with van der Waals surface area (Å²) in [7, 11) is 0. The summed E-state index contributed by atoms with van der Waals surface area (Å²) in [5, 5.41) is 11.4. The van der Waals surface area contributed by atoms with E-state index in [9.17, 15) is 4.79 Å². The number of carbonyl (C=O) groups excluding carboxylic acids is 1. The number of nitrogens with zero attached hydrogens (tertiary/aromatic N) is 3. The number of benzene rings is 1. The molecule has 0 aliphatic heterocycles. The van der Waals surface area contributed by atoms with Gasteiger partial charge in [0, 0.05) is 25.6 Å². The maximum atomic E-state index is 12.2. The summed E-state index contributed by atoms with van der Waals surface area (Å²) < 4.78 is 2.00. The Balaban J connectivity index is 1.25. The second-order valence-electron chi connectivity index (χ2n) is 6.64. The molecule has 2 heterocycles. The van der Waals surface area contributed by atoms with Gasteiger partial charge in [0.15, 0.2) is 5.65 Å². The lowest BCUT2D eigenvalue weighted by Gasteiger charge is -2.11. The van der Waals surface area contributed by atoms with Gasteiger partial charge in [-0.05, 0) is 48.4 Å². The minimum atomic E-state index is 0.146. The van der Waals surface area contributed by atoms with Crippen molar-refractivity contribution in [2.75, 3.05) is 6.54 Å². The van der Waals surface area contributed by atoms with E-state index in [4.69, 9.17) is 0 Å². The Morgan fingerprint density at radius 1 is 1.16 bits per heavy atom. The number of fused-ring (bicyclic) bond motifs is 2. The molecule has 25 heavy (non-hydrogen) atoms. The van der Waals surface area contributed by atoms with E-state index in [1.807, 2.05) is 28.8 Å². The van der Waals surface area contributed by atoms with Gasteiger partial charge in [-0.3, -0.25) is 9.20 Å². The SMILES string of the molecule is O=C(C[C@H]1CCc2ccccc21)NCCCc1nnc2ccccn12. The first-order valence-electron chi connectivity index (χ1n) is 8.94. The van der Waals surface area contributed by atoms with E-state index in [0.717, 1.165) is 37.2 Å². The molecule has 0 saturated carbocycles. The van der Waals surface area contributed by atoms with Crippen LogP contribution in [0.25, 0.3) is 5.65 Å². The van der Waals surface area contributed by atoms with E-state index in [0.29, 0.717) is 18.9 Å². The molecule has 0 bridgehead atoms. The number of hydrogen-bond donors (Lipinski definition) is 1. The molecule has 0 saturated heterocycles. The molecule has 2 aromatic heterocycles. The van der Waals surface area contributed by atoms with Gasteiger partial charge in [0.1, 0.15) is 5.82 Å². The highest BCUT2D eigenvalue weighted by Crippen LogP contribution is 2.34. The Bertz CT molecular complexity index is 886. The number of aromatic nitrogens is 3. The number of hydrogen-bond acceptors (Lipinski definition) is 3. The molecular formula is C20H22N4O. The fourth-order valence-electron chi connectivity index (χ4n) is 3.69. The summed E-state index contributed by atoms with van der Waals surface area (Å²) in [6.07, 6.45) is 6.40. The first kappa shape index (κ1) is 15.8. The highest BCUT2D eigenvalue weighted by atomic mass is 16.1. The third kappa shape index (κ3) is 3.40. The summed E-state index contributed by atoms with van der Waals surface area (Å²) >= 11 is 0. The highest BCUT2D eigenvalue weighted by molar-refractivity contribution is 5.77. The van der Waals surface area contributed by atoms with Crippen molar-refractivity contribution >= 4 is 11.6 Å². The first-order valence-corrected chi connectivity index (χ1v) is 8.94. The molecule has 5 heteroatoms. The van der Waals surface area contributed by atoms with Gasteiger partial charge in [-0.15, -0.1) is 10.2 Å². The van der Waals surface area contributed by atoms with Crippen LogP contribution in [0.3, 0.4) is 0 Å². The molecule has 3 aromatic rings. The fourth-order valence-corrected chi connectivity index (χ4v) is 3.69. The molecule has 5 nitrogen and oxygen atoms in total. The van der Waals surface area contributed by atoms with Gasteiger partial charge in [-0.25, -0.2) is 0 Å². The molecule has 1 N–H and O–H groups in total. The molecule has 1 atom stereocenters. The lowest BCUT2D eigenvalue weighted by molar-refractivity contribution is -0.121. The van der Waals surface area contributed by atoms with Gasteiger partial charge in [-0.1, -0.05) is 30.3 Å². The third-order valence-corrected chi connectivity index (χ3v) is 4.97. The van der Waals surface area contributed by atoms with E-state index >= 15 is 0 Å². The number of rotatable bonds is 6. The van der Waals surface area contributed by atoms with Crippen molar-refractivity contribution in [2.45, 2.75) is 38.0 Å². The smallest absolute Gasteiger partial charge is 0.220 e. The topological polar surface area (TPSA) is 59.3 Å². The molecule has 128 valence electrons. The summed E-state index contributed by atoms with van der Waals surface area (Å²) in [5.41, 5.74) is 3.62. The monoisotopic (exact) mass is 334 g/mol. The molecule has 1 aromatic carbocycles. The zero-order chi connectivity index (χ0) is 17.1. The molecular weight excluding hydrogens is 312 g/mol.